The van der Waals surface area contributed by atoms with Gasteiger partial charge in [0.05, 0.1) is 6.04 Å². The number of nitrogens with one attached hydrogen (secondary N) is 1. The largest absolute Gasteiger partial charge is 0.350 e. The highest BCUT2D eigenvalue weighted by Gasteiger charge is 2.13. The number of carbonyl (C=O) groups is 1. The van der Waals surface area contributed by atoms with Crippen LogP contribution < -0.4 is 5.32 Å². The van der Waals surface area contributed by atoms with E-state index in [9.17, 15) is 9.18 Å². The van der Waals surface area contributed by atoms with Gasteiger partial charge in [-0.15, -0.1) is 0 Å². The van der Waals surface area contributed by atoms with Gasteiger partial charge in [-0.25, -0.2) is 4.39 Å². The van der Waals surface area contributed by atoms with Crippen LogP contribution in [0.2, 0.25) is 0 Å². The Bertz CT molecular complexity index is 918. The van der Waals surface area contributed by atoms with Crippen LogP contribution >= 0.6 is 0 Å². The Morgan fingerprint density at radius 3 is 2.32 bits per heavy atom. The molecule has 1 N–H and O–H groups in total. The van der Waals surface area contributed by atoms with Crippen LogP contribution in [0.3, 0.4) is 0 Å². The second kappa shape index (κ2) is 8.78. The van der Waals surface area contributed by atoms with E-state index in [0.717, 1.165) is 11.1 Å². The molecule has 6 heteroatoms. The molecule has 5 nitrogen and oxygen atoms in total. The topological polar surface area (TPSA) is 68.0 Å². The average Bonchev–Trinajstić information content (AvgIpc) is 3.16. The standard InChI is InChI=1S/C22H24FN3O2/c1-14(2)16-4-6-18(7-5-16)22-25-21(28-26-22)13-12-20(27)24-15(3)17-8-10-19(23)11-9-17/h4-11,14-15H,12-13H2,1-3H3,(H,24,27)/t15-/m1/s1. The lowest BCUT2D eigenvalue weighted by molar-refractivity contribution is -0.121. The Hall–Kier alpha value is -3.02. The maximum atomic E-state index is 13.0. The SMILES string of the molecule is CC(C)c1ccc(-c2noc(CCC(=O)N[C@H](C)c3ccc(F)cc3)n2)cc1. The first-order chi connectivity index (χ1) is 13.4. The van der Waals surface area contributed by atoms with Gasteiger partial charge in [0.15, 0.2) is 0 Å². The molecule has 0 fully saturated rings. The minimum atomic E-state index is -0.298. The van der Waals surface area contributed by atoms with Gasteiger partial charge in [0.25, 0.3) is 0 Å². The molecule has 1 heterocycles. The zero-order chi connectivity index (χ0) is 20.1. The van der Waals surface area contributed by atoms with Crippen molar-refractivity contribution in [3.63, 3.8) is 0 Å². The molecule has 3 rings (SSSR count). The first-order valence-electron chi connectivity index (χ1n) is 9.40. The number of aromatic nitrogens is 2. The minimum absolute atomic E-state index is 0.127. The van der Waals surface area contributed by atoms with Crippen molar-refractivity contribution in [3.8, 4) is 11.4 Å². The fourth-order valence-electron chi connectivity index (χ4n) is 2.86. The molecule has 3 aromatic rings. The van der Waals surface area contributed by atoms with Gasteiger partial charge in [-0.05, 0) is 36.1 Å². The van der Waals surface area contributed by atoms with Gasteiger partial charge in [0, 0.05) is 18.4 Å². The molecular formula is C22H24FN3O2. The predicted octanol–water partition coefficient (Wildman–Crippen LogP) is 4.81. The molecule has 0 spiro atoms. The molecule has 0 bridgehead atoms. The molecule has 0 saturated carbocycles. The summed E-state index contributed by atoms with van der Waals surface area (Å²) in [6.07, 6.45) is 0.596. The van der Waals surface area contributed by atoms with Crippen molar-refractivity contribution in [2.24, 2.45) is 0 Å². The number of halogens is 1. The number of hydrogen-bond donors (Lipinski definition) is 1. The Kier molecular flexibility index (Phi) is 6.19. The molecule has 0 unspecified atom stereocenters. The summed E-state index contributed by atoms with van der Waals surface area (Å²) in [5.74, 6) is 0.981. The zero-order valence-electron chi connectivity index (χ0n) is 16.3. The Morgan fingerprint density at radius 1 is 1.04 bits per heavy atom. The monoisotopic (exact) mass is 381 g/mol. The maximum Gasteiger partial charge on any atom is 0.227 e. The summed E-state index contributed by atoms with van der Waals surface area (Å²) in [4.78, 5) is 16.5. The van der Waals surface area contributed by atoms with Gasteiger partial charge in [0.1, 0.15) is 5.82 Å². The molecule has 1 atom stereocenters. The van der Waals surface area contributed by atoms with Crippen molar-refractivity contribution in [3.05, 3.63) is 71.4 Å². The first-order valence-corrected chi connectivity index (χ1v) is 9.40. The smallest absolute Gasteiger partial charge is 0.227 e. The lowest BCUT2D eigenvalue weighted by atomic mass is 10.0. The fourth-order valence-corrected chi connectivity index (χ4v) is 2.86. The predicted molar refractivity (Wildman–Crippen MR) is 105 cm³/mol. The van der Waals surface area contributed by atoms with Gasteiger partial charge in [-0.1, -0.05) is 55.4 Å². The Balaban J connectivity index is 1.53. The van der Waals surface area contributed by atoms with E-state index in [-0.39, 0.29) is 24.2 Å². The average molecular weight is 381 g/mol. The number of carbonyl (C=O) groups excluding carboxylic acids is 1. The van der Waals surface area contributed by atoms with Gasteiger partial charge < -0.3 is 9.84 Å². The summed E-state index contributed by atoms with van der Waals surface area (Å²) in [7, 11) is 0. The maximum absolute atomic E-state index is 13.0. The van der Waals surface area contributed by atoms with Crippen molar-refractivity contribution in [1.82, 2.24) is 15.5 Å². The van der Waals surface area contributed by atoms with E-state index in [1.165, 1.54) is 17.7 Å². The van der Waals surface area contributed by atoms with Crippen LogP contribution in [0.25, 0.3) is 11.4 Å². The number of aryl methyl sites for hydroxylation is 1. The van der Waals surface area contributed by atoms with Crippen LogP contribution in [0.15, 0.2) is 53.1 Å². The number of hydrogen-bond acceptors (Lipinski definition) is 4. The van der Waals surface area contributed by atoms with Gasteiger partial charge >= 0.3 is 0 Å². The second-order valence-electron chi connectivity index (χ2n) is 7.13. The summed E-state index contributed by atoms with van der Waals surface area (Å²) in [5, 5.41) is 6.89. The first kappa shape index (κ1) is 19.7. The normalized spacial score (nSPS) is 12.2. The molecule has 2 aromatic carbocycles. The van der Waals surface area contributed by atoms with E-state index < -0.39 is 0 Å². The lowest BCUT2D eigenvalue weighted by Crippen LogP contribution is -2.26. The fraction of sp³-hybridized carbons (Fsp3) is 0.318. The second-order valence-corrected chi connectivity index (χ2v) is 7.13. The van der Waals surface area contributed by atoms with Crippen LogP contribution in [0.1, 0.15) is 56.2 Å². The van der Waals surface area contributed by atoms with Crippen molar-refractivity contribution in [2.45, 2.75) is 45.6 Å². The third-order valence-electron chi connectivity index (χ3n) is 4.62. The molecule has 0 aliphatic heterocycles. The van der Waals surface area contributed by atoms with E-state index in [2.05, 4.69) is 41.4 Å². The highest BCUT2D eigenvalue weighted by molar-refractivity contribution is 5.76. The quantitative estimate of drug-likeness (QED) is 0.638. The van der Waals surface area contributed by atoms with Crippen molar-refractivity contribution >= 4 is 5.91 Å². The number of benzene rings is 2. The Morgan fingerprint density at radius 2 is 1.68 bits per heavy atom. The molecule has 0 aliphatic carbocycles. The molecule has 1 amide bonds. The van der Waals surface area contributed by atoms with E-state index in [1.54, 1.807) is 12.1 Å². The highest BCUT2D eigenvalue weighted by atomic mass is 19.1. The zero-order valence-corrected chi connectivity index (χ0v) is 16.3. The molecule has 0 aliphatic rings. The summed E-state index contributed by atoms with van der Waals surface area (Å²) < 4.78 is 18.3. The summed E-state index contributed by atoms with van der Waals surface area (Å²) in [5.41, 5.74) is 2.98. The van der Waals surface area contributed by atoms with E-state index in [4.69, 9.17) is 4.52 Å². The summed E-state index contributed by atoms with van der Waals surface area (Å²) in [6, 6.07) is 13.9. The van der Waals surface area contributed by atoms with E-state index >= 15 is 0 Å². The molecular weight excluding hydrogens is 357 g/mol. The van der Waals surface area contributed by atoms with Crippen LogP contribution in [-0.4, -0.2) is 16.0 Å². The summed E-state index contributed by atoms with van der Waals surface area (Å²) >= 11 is 0. The van der Waals surface area contributed by atoms with Crippen LogP contribution in [0, 0.1) is 5.82 Å². The third-order valence-corrected chi connectivity index (χ3v) is 4.62. The van der Waals surface area contributed by atoms with Gasteiger partial charge in [-0.2, -0.15) is 4.98 Å². The minimum Gasteiger partial charge on any atom is -0.350 e. The van der Waals surface area contributed by atoms with Crippen LogP contribution in [0.4, 0.5) is 4.39 Å². The van der Waals surface area contributed by atoms with Crippen molar-refractivity contribution in [2.75, 3.05) is 0 Å². The number of rotatable bonds is 7. The molecule has 0 radical (unpaired) electrons. The highest BCUT2D eigenvalue weighted by Crippen LogP contribution is 2.21. The molecule has 146 valence electrons. The van der Waals surface area contributed by atoms with Crippen LogP contribution in [-0.2, 0) is 11.2 Å². The number of nitrogens with zero attached hydrogens (tertiary/aromatic N) is 2. The molecule has 0 saturated heterocycles. The summed E-state index contributed by atoms with van der Waals surface area (Å²) in [6.45, 7) is 6.14. The molecule has 28 heavy (non-hydrogen) atoms. The van der Waals surface area contributed by atoms with Gasteiger partial charge in [0.2, 0.25) is 17.6 Å². The van der Waals surface area contributed by atoms with Crippen molar-refractivity contribution < 1.29 is 13.7 Å². The van der Waals surface area contributed by atoms with Crippen molar-refractivity contribution in [1.29, 1.82) is 0 Å². The lowest BCUT2D eigenvalue weighted by Gasteiger charge is -2.13. The third kappa shape index (κ3) is 5.03. The van der Waals surface area contributed by atoms with Gasteiger partial charge in [-0.3, -0.25) is 4.79 Å². The molecule has 1 aromatic heterocycles. The van der Waals surface area contributed by atoms with E-state index in [0.29, 0.717) is 24.1 Å². The van der Waals surface area contributed by atoms with E-state index in [1.807, 2.05) is 19.1 Å². The Labute approximate surface area is 164 Å². The van der Waals surface area contributed by atoms with Crippen LogP contribution in [0.5, 0.6) is 0 Å². The number of amides is 1.